The Morgan fingerprint density at radius 1 is 1.29 bits per heavy atom. The molecule has 112 valence electrons. The van der Waals surface area contributed by atoms with Gasteiger partial charge < -0.3 is 9.84 Å². The van der Waals surface area contributed by atoms with Crippen molar-refractivity contribution in [3.05, 3.63) is 36.2 Å². The van der Waals surface area contributed by atoms with Crippen LogP contribution in [0, 0.1) is 13.8 Å². The summed E-state index contributed by atoms with van der Waals surface area (Å²) in [6.45, 7) is 7.19. The number of sulfonamides is 1. The van der Waals surface area contributed by atoms with Crippen LogP contribution in [-0.4, -0.2) is 30.3 Å². The van der Waals surface area contributed by atoms with Crippen LogP contribution in [0.2, 0.25) is 0 Å². The third kappa shape index (κ3) is 3.37. The summed E-state index contributed by atoms with van der Waals surface area (Å²) in [5, 5.41) is 14.2. The summed E-state index contributed by atoms with van der Waals surface area (Å²) in [6.07, 6.45) is 1.68. The van der Waals surface area contributed by atoms with Crippen LogP contribution in [-0.2, 0) is 10.0 Å². The number of nitrogens with zero attached hydrogens (tertiary/aromatic N) is 3. The first-order valence-corrected chi connectivity index (χ1v) is 7.56. The Hall–Kier alpha value is -2.42. The molecule has 0 aromatic carbocycles. The maximum Gasteiger partial charge on any atom is 0.268 e. The van der Waals surface area contributed by atoms with Gasteiger partial charge in [-0.3, -0.25) is 4.72 Å². The molecule has 8 nitrogen and oxygen atoms in total. The molecule has 0 radical (unpaired) electrons. The standard InChI is InChI=1S/C12H15N5O3S/c1-4-7-13-10-5-6-11(15-14-10)17-21(18,19)12-8(2)16-20-9(12)3/h4-6H,1,7H2,2-3H3,(H,13,14)(H,15,17). The van der Waals surface area contributed by atoms with Crippen molar-refractivity contribution < 1.29 is 12.9 Å². The van der Waals surface area contributed by atoms with E-state index in [9.17, 15) is 8.42 Å². The first-order valence-electron chi connectivity index (χ1n) is 6.08. The summed E-state index contributed by atoms with van der Waals surface area (Å²) in [5.74, 6) is 0.853. The lowest BCUT2D eigenvalue weighted by Crippen LogP contribution is -2.16. The molecule has 2 heterocycles. The Bertz CT molecular complexity index is 717. The summed E-state index contributed by atoms with van der Waals surface area (Å²) >= 11 is 0. The molecule has 2 aromatic heterocycles. The molecule has 2 aromatic rings. The smallest absolute Gasteiger partial charge is 0.268 e. The van der Waals surface area contributed by atoms with Gasteiger partial charge in [0.2, 0.25) is 0 Å². The lowest BCUT2D eigenvalue weighted by atomic mass is 10.4. The summed E-state index contributed by atoms with van der Waals surface area (Å²) in [6, 6.07) is 3.12. The van der Waals surface area contributed by atoms with Crippen LogP contribution in [0.5, 0.6) is 0 Å². The van der Waals surface area contributed by atoms with Crippen molar-refractivity contribution >= 4 is 21.7 Å². The van der Waals surface area contributed by atoms with Crippen molar-refractivity contribution in [3.8, 4) is 0 Å². The van der Waals surface area contributed by atoms with Gasteiger partial charge in [-0.05, 0) is 26.0 Å². The van der Waals surface area contributed by atoms with Crippen molar-refractivity contribution in [2.75, 3.05) is 16.6 Å². The molecule has 0 saturated carbocycles. The van der Waals surface area contributed by atoms with Gasteiger partial charge in [0.1, 0.15) is 11.5 Å². The van der Waals surface area contributed by atoms with Crippen LogP contribution in [0.4, 0.5) is 11.6 Å². The largest absolute Gasteiger partial charge is 0.365 e. The minimum atomic E-state index is -3.81. The first kappa shape index (κ1) is 15.0. The molecular formula is C12H15N5O3S. The lowest BCUT2D eigenvalue weighted by molar-refractivity contribution is 0.390. The number of aromatic nitrogens is 3. The molecule has 0 amide bonds. The second-order valence-corrected chi connectivity index (χ2v) is 5.85. The predicted octanol–water partition coefficient (Wildman–Crippen LogP) is 1.48. The third-order valence-corrected chi connectivity index (χ3v) is 4.17. The van der Waals surface area contributed by atoms with Crippen LogP contribution in [0.1, 0.15) is 11.5 Å². The summed E-state index contributed by atoms with van der Waals surface area (Å²) in [4.78, 5) is 0.0122. The molecule has 0 aliphatic heterocycles. The maximum atomic E-state index is 12.3. The van der Waals surface area contributed by atoms with Crippen molar-refractivity contribution in [2.45, 2.75) is 18.7 Å². The summed E-state index contributed by atoms with van der Waals surface area (Å²) in [5.41, 5.74) is 0.289. The molecular weight excluding hydrogens is 294 g/mol. The van der Waals surface area contributed by atoms with Gasteiger partial charge in [-0.15, -0.1) is 16.8 Å². The molecule has 9 heteroatoms. The van der Waals surface area contributed by atoms with E-state index in [2.05, 4.69) is 32.0 Å². The zero-order chi connectivity index (χ0) is 15.5. The second kappa shape index (κ2) is 5.92. The van der Waals surface area contributed by atoms with E-state index < -0.39 is 10.0 Å². The highest BCUT2D eigenvalue weighted by Crippen LogP contribution is 2.21. The zero-order valence-corrected chi connectivity index (χ0v) is 12.4. The van der Waals surface area contributed by atoms with Gasteiger partial charge in [-0.1, -0.05) is 11.2 Å². The molecule has 2 N–H and O–H groups in total. The fourth-order valence-electron chi connectivity index (χ4n) is 1.70. The minimum Gasteiger partial charge on any atom is -0.365 e. The van der Waals surface area contributed by atoms with E-state index in [0.29, 0.717) is 12.4 Å². The molecule has 0 fully saturated rings. The highest BCUT2D eigenvalue weighted by Gasteiger charge is 2.24. The molecule has 21 heavy (non-hydrogen) atoms. The minimum absolute atomic E-state index is 0.0122. The van der Waals surface area contributed by atoms with Gasteiger partial charge in [0.05, 0.1) is 0 Å². The van der Waals surface area contributed by atoms with Crippen LogP contribution in [0.15, 0.2) is 34.2 Å². The fraction of sp³-hybridized carbons (Fsp3) is 0.250. The van der Waals surface area contributed by atoms with Gasteiger partial charge >= 0.3 is 0 Å². The molecule has 0 spiro atoms. The van der Waals surface area contributed by atoms with Crippen LogP contribution in [0.25, 0.3) is 0 Å². The van der Waals surface area contributed by atoms with Gasteiger partial charge in [0.25, 0.3) is 10.0 Å². The second-order valence-electron chi connectivity index (χ2n) is 4.23. The Kier molecular flexibility index (Phi) is 4.22. The monoisotopic (exact) mass is 309 g/mol. The predicted molar refractivity (Wildman–Crippen MR) is 77.5 cm³/mol. The zero-order valence-electron chi connectivity index (χ0n) is 11.6. The molecule has 0 saturated heterocycles. The summed E-state index contributed by atoms with van der Waals surface area (Å²) < 4.78 is 31.7. The van der Waals surface area contributed by atoms with Crippen molar-refractivity contribution in [1.29, 1.82) is 0 Å². The van der Waals surface area contributed by atoms with E-state index in [0.717, 1.165) is 0 Å². The van der Waals surface area contributed by atoms with Gasteiger partial charge in [-0.25, -0.2) is 8.42 Å². The van der Waals surface area contributed by atoms with E-state index in [1.54, 1.807) is 19.1 Å². The number of rotatable bonds is 6. The Balaban J connectivity index is 2.19. The molecule has 0 aliphatic carbocycles. The topological polar surface area (TPSA) is 110 Å². The number of aryl methyl sites for hydroxylation is 2. The third-order valence-electron chi connectivity index (χ3n) is 2.57. The number of hydrogen-bond acceptors (Lipinski definition) is 7. The highest BCUT2D eigenvalue weighted by atomic mass is 32.2. The average molecular weight is 309 g/mol. The lowest BCUT2D eigenvalue weighted by Gasteiger charge is -2.07. The Morgan fingerprint density at radius 3 is 2.48 bits per heavy atom. The SMILES string of the molecule is C=CCNc1ccc(NS(=O)(=O)c2c(C)noc2C)nn1. The first-order chi connectivity index (χ1) is 9.94. The Labute approximate surface area is 122 Å². The van der Waals surface area contributed by atoms with Crippen LogP contribution < -0.4 is 10.0 Å². The van der Waals surface area contributed by atoms with Crippen LogP contribution >= 0.6 is 0 Å². The van der Waals surface area contributed by atoms with Crippen molar-refractivity contribution in [3.63, 3.8) is 0 Å². The highest BCUT2D eigenvalue weighted by molar-refractivity contribution is 7.92. The molecule has 2 rings (SSSR count). The normalized spacial score (nSPS) is 11.1. The van der Waals surface area contributed by atoms with Crippen molar-refractivity contribution in [1.82, 2.24) is 15.4 Å². The quantitative estimate of drug-likeness (QED) is 0.777. The summed E-state index contributed by atoms with van der Waals surface area (Å²) in [7, 11) is -3.81. The number of hydrogen-bond donors (Lipinski definition) is 2. The van der Waals surface area contributed by atoms with Crippen molar-refractivity contribution in [2.24, 2.45) is 0 Å². The van der Waals surface area contributed by atoms with Gasteiger partial charge in [-0.2, -0.15) is 0 Å². The molecule has 0 atom stereocenters. The van der Waals surface area contributed by atoms with Gasteiger partial charge in [0, 0.05) is 6.54 Å². The van der Waals surface area contributed by atoms with E-state index in [1.165, 1.54) is 13.0 Å². The molecule has 0 aliphatic rings. The molecule has 0 unspecified atom stereocenters. The van der Waals surface area contributed by atoms with E-state index in [1.807, 2.05) is 0 Å². The fourth-order valence-corrected chi connectivity index (χ4v) is 3.03. The number of anilines is 2. The number of nitrogens with one attached hydrogen (secondary N) is 2. The van der Waals surface area contributed by atoms with E-state index in [-0.39, 0.29) is 22.2 Å². The molecule has 0 bridgehead atoms. The van der Waals surface area contributed by atoms with E-state index in [4.69, 9.17) is 4.52 Å². The Morgan fingerprint density at radius 2 is 1.95 bits per heavy atom. The van der Waals surface area contributed by atoms with E-state index >= 15 is 0 Å². The van der Waals surface area contributed by atoms with Crippen LogP contribution in [0.3, 0.4) is 0 Å². The van der Waals surface area contributed by atoms with Gasteiger partial charge in [0.15, 0.2) is 16.5 Å². The average Bonchev–Trinajstić information content (AvgIpc) is 2.77. The maximum absolute atomic E-state index is 12.3.